The van der Waals surface area contributed by atoms with Crippen molar-refractivity contribution in [3.8, 4) is 0 Å². The molecule has 5 rings (SSSR count). The predicted octanol–water partition coefficient (Wildman–Crippen LogP) is 4.11. The number of fused-ring (bicyclic) bond motifs is 1. The molecule has 3 aliphatic rings. The number of hydrogen-bond donors (Lipinski definition) is 2. The number of nitrogens with zero attached hydrogens (tertiary/aromatic N) is 1. The minimum Gasteiger partial charge on any atom is -0.345 e. The fourth-order valence-corrected chi connectivity index (χ4v) is 5.74. The molecule has 2 saturated heterocycles. The molecule has 0 radical (unpaired) electrons. The lowest BCUT2D eigenvalue weighted by atomic mass is 9.78. The standard InChI is InChI=1S/C25H27ClFN3O2/c26-19-2-1-3-20(27)22(19)23(31)29-21-7-6-16-4-5-17(14-18(16)21)24(32)30-13-10-25(15-30)8-11-28-12-9-25/h1-5,14,21,28H,6-13,15H2,(H,29,31). The van der Waals surface area contributed by atoms with Gasteiger partial charge < -0.3 is 15.5 Å². The maximum absolute atomic E-state index is 14.2. The number of nitrogens with one attached hydrogen (secondary N) is 2. The van der Waals surface area contributed by atoms with Crippen LogP contribution in [0.3, 0.4) is 0 Å². The van der Waals surface area contributed by atoms with Crippen molar-refractivity contribution < 1.29 is 14.0 Å². The van der Waals surface area contributed by atoms with Crippen LogP contribution in [0.25, 0.3) is 0 Å². The smallest absolute Gasteiger partial charge is 0.256 e. The maximum Gasteiger partial charge on any atom is 0.256 e. The lowest BCUT2D eigenvalue weighted by molar-refractivity contribution is 0.0761. The van der Waals surface area contributed by atoms with Gasteiger partial charge >= 0.3 is 0 Å². The van der Waals surface area contributed by atoms with Crippen LogP contribution in [0, 0.1) is 11.2 Å². The Balaban J connectivity index is 1.33. The zero-order chi connectivity index (χ0) is 22.3. The maximum atomic E-state index is 14.2. The van der Waals surface area contributed by atoms with Crippen LogP contribution in [0.2, 0.25) is 5.02 Å². The first-order chi connectivity index (χ1) is 15.5. The van der Waals surface area contributed by atoms with E-state index in [0.717, 1.165) is 63.0 Å². The number of likely N-dealkylation sites (tertiary alicyclic amines) is 1. The van der Waals surface area contributed by atoms with Crippen molar-refractivity contribution in [1.29, 1.82) is 0 Å². The molecule has 2 aliphatic heterocycles. The Morgan fingerprint density at radius 1 is 1.16 bits per heavy atom. The lowest BCUT2D eigenvalue weighted by Crippen LogP contribution is -2.39. The molecule has 0 bridgehead atoms. The zero-order valence-corrected chi connectivity index (χ0v) is 18.7. The van der Waals surface area contributed by atoms with Crippen molar-refractivity contribution in [2.75, 3.05) is 26.2 Å². The third-order valence-electron chi connectivity index (χ3n) is 7.36. The summed E-state index contributed by atoms with van der Waals surface area (Å²) in [5.41, 5.74) is 2.82. The van der Waals surface area contributed by atoms with Gasteiger partial charge in [-0.3, -0.25) is 9.59 Å². The third kappa shape index (κ3) is 3.90. The van der Waals surface area contributed by atoms with Crippen LogP contribution in [0.5, 0.6) is 0 Å². The molecule has 1 aliphatic carbocycles. The Morgan fingerprint density at radius 2 is 1.97 bits per heavy atom. The number of halogens is 2. The summed E-state index contributed by atoms with van der Waals surface area (Å²) < 4.78 is 14.2. The fourth-order valence-electron chi connectivity index (χ4n) is 5.49. The molecule has 7 heteroatoms. The number of benzene rings is 2. The minimum atomic E-state index is -0.641. The van der Waals surface area contributed by atoms with Gasteiger partial charge in [0.25, 0.3) is 11.8 Å². The van der Waals surface area contributed by atoms with E-state index in [-0.39, 0.29) is 28.0 Å². The monoisotopic (exact) mass is 455 g/mol. The first-order valence-corrected chi connectivity index (χ1v) is 11.7. The van der Waals surface area contributed by atoms with E-state index in [0.29, 0.717) is 12.0 Å². The summed E-state index contributed by atoms with van der Waals surface area (Å²) in [6, 6.07) is 9.73. The Morgan fingerprint density at radius 3 is 2.75 bits per heavy atom. The molecule has 0 aromatic heterocycles. The van der Waals surface area contributed by atoms with Gasteiger partial charge in [-0.15, -0.1) is 0 Å². The molecule has 2 aromatic carbocycles. The Bertz CT molecular complexity index is 1050. The summed E-state index contributed by atoms with van der Waals surface area (Å²) >= 11 is 6.06. The minimum absolute atomic E-state index is 0.0531. The number of carbonyl (C=O) groups is 2. The van der Waals surface area contributed by atoms with Crippen LogP contribution >= 0.6 is 11.6 Å². The van der Waals surface area contributed by atoms with Crippen molar-refractivity contribution >= 4 is 23.4 Å². The largest absolute Gasteiger partial charge is 0.345 e. The molecule has 0 saturated carbocycles. The topological polar surface area (TPSA) is 61.4 Å². The number of amides is 2. The first-order valence-electron chi connectivity index (χ1n) is 11.3. The number of aryl methyl sites for hydroxylation is 1. The van der Waals surface area contributed by atoms with E-state index in [1.54, 1.807) is 0 Å². The van der Waals surface area contributed by atoms with Crippen molar-refractivity contribution in [3.05, 3.63) is 69.5 Å². The van der Waals surface area contributed by atoms with Crippen molar-refractivity contribution in [2.45, 2.75) is 38.1 Å². The molecule has 168 valence electrons. The summed E-state index contributed by atoms with van der Waals surface area (Å²) in [6.45, 7) is 3.65. The van der Waals surface area contributed by atoms with Gasteiger partial charge in [-0.2, -0.15) is 0 Å². The SMILES string of the molecule is O=C(NC1CCc2ccc(C(=O)N3CCC4(CCNCC4)C3)cc21)c1c(F)cccc1Cl. The van der Waals surface area contributed by atoms with Gasteiger partial charge in [-0.1, -0.05) is 23.7 Å². The third-order valence-corrected chi connectivity index (χ3v) is 7.67. The van der Waals surface area contributed by atoms with E-state index in [2.05, 4.69) is 10.6 Å². The van der Waals surface area contributed by atoms with E-state index in [4.69, 9.17) is 11.6 Å². The second-order valence-electron chi connectivity index (χ2n) is 9.30. The predicted molar refractivity (Wildman–Crippen MR) is 121 cm³/mol. The molecule has 2 aromatic rings. The molecular formula is C25H27ClFN3O2. The van der Waals surface area contributed by atoms with Gasteiger partial charge in [0.1, 0.15) is 5.82 Å². The zero-order valence-electron chi connectivity index (χ0n) is 17.9. The van der Waals surface area contributed by atoms with Gasteiger partial charge in [0.05, 0.1) is 16.6 Å². The number of hydrogen-bond acceptors (Lipinski definition) is 3. The van der Waals surface area contributed by atoms with Crippen molar-refractivity contribution in [1.82, 2.24) is 15.5 Å². The van der Waals surface area contributed by atoms with Crippen LogP contribution in [-0.2, 0) is 6.42 Å². The van der Waals surface area contributed by atoms with E-state index < -0.39 is 11.7 Å². The molecular weight excluding hydrogens is 429 g/mol. The molecule has 2 heterocycles. The summed E-state index contributed by atoms with van der Waals surface area (Å²) in [7, 11) is 0. The first kappa shape index (κ1) is 21.4. The molecule has 2 fully saturated rings. The van der Waals surface area contributed by atoms with Gasteiger partial charge in [-0.25, -0.2) is 4.39 Å². The molecule has 2 amide bonds. The van der Waals surface area contributed by atoms with Crippen LogP contribution in [0.1, 0.15) is 63.6 Å². The van der Waals surface area contributed by atoms with E-state index >= 15 is 0 Å². The summed E-state index contributed by atoms with van der Waals surface area (Å²) in [5, 5.41) is 6.42. The van der Waals surface area contributed by atoms with Crippen LogP contribution in [0.15, 0.2) is 36.4 Å². The van der Waals surface area contributed by atoms with Gasteiger partial charge in [0.15, 0.2) is 0 Å². The van der Waals surface area contributed by atoms with Crippen LogP contribution in [-0.4, -0.2) is 42.9 Å². The van der Waals surface area contributed by atoms with Gasteiger partial charge in [-0.05, 0) is 86.0 Å². The number of rotatable bonds is 3. The lowest BCUT2D eigenvalue weighted by Gasteiger charge is -2.33. The van der Waals surface area contributed by atoms with Gasteiger partial charge in [0.2, 0.25) is 0 Å². The molecule has 1 unspecified atom stereocenters. The molecule has 1 atom stereocenters. The van der Waals surface area contributed by atoms with E-state index in [9.17, 15) is 14.0 Å². The van der Waals surface area contributed by atoms with Crippen LogP contribution < -0.4 is 10.6 Å². The number of piperidine rings is 1. The summed E-state index contributed by atoms with van der Waals surface area (Å²) in [6.07, 6.45) is 4.82. The molecule has 2 N–H and O–H groups in total. The van der Waals surface area contributed by atoms with Crippen LogP contribution in [0.4, 0.5) is 4.39 Å². The summed E-state index contributed by atoms with van der Waals surface area (Å²) in [4.78, 5) is 28.0. The molecule has 5 nitrogen and oxygen atoms in total. The molecule has 1 spiro atoms. The number of carbonyl (C=O) groups excluding carboxylic acids is 2. The quantitative estimate of drug-likeness (QED) is 0.732. The highest BCUT2D eigenvalue weighted by Gasteiger charge is 2.41. The van der Waals surface area contributed by atoms with E-state index in [1.807, 2.05) is 23.1 Å². The van der Waals surface area contributed by atoms with Crippen molar-refractivity contribution in [3.63, 3.8) is 0 Å². The second kappa shape index (κ2) is 8.49. The highest BCUT2D eigenvalue weighted by Crippen LogP contribution is 2.39. The normalized spacial score (nSPS) is 21.6. The van der Waals surface area contributed by atoms with E-state index in [1.165, 1.54) is 18.2 Å². The fraction of sp³-hybridized carbons (Fsp3) is 0.440. The van der Waals surface area contributed by atoms with Gasteiger partial charge in [0, 0.05) is 18.7 Å². The Hall–Kier alpha value is -2.44. The Labute approximate surface area is 192 Å². The van der Waals surface area contributed by atoms with Crippen molar-refractivity contribution in [2.24, 2.45) is 5.41 Å². The molecule has 32 heavy (non-hydrogen) atoms. The highest BCUT2D eigenvalue weighted by atomic mass is 35.5. The average Bonchev–Trinajstić information content (AvgIpc) is 3.38. The highest BCUT2D eigenvalue weighted by molar-refractivity contribution is 6.33. The average molecular weight is 456 g/mol. The summed E-state index contributed by atoms with van der Waals surface area (Å²) in [5.74, 6) is -1.12. The Kier molecular flexibility index (Phi) is 5.68. The second-order valence-corrected chi connectivity index (χ2v) is 9.71.